The fourth-order valence-corrected chi connectivity index (χ4v) is 9.69. The van der Waals surface area contributed by atoms with Crippen molar-refractivity contribution in [2.45, 2.75) is 64.8 Å². The molecule has 2 aromatic carbocycles. The van der Waals surface area contributed by atoms with Gasteiger partial charge in [0.15, 0.2) is 0 Å². The first kappa shape index (κ1) is 25.2. The van der Waals surface area contributed by atoms with Crippen LogP contribution in [-0.2, 0) is 9.59 Å². The van der Waals surface area contributed by atoms with E-state index >= 15 is 0 Å². The van der Waals surface area contributed by atoms with E-state index in [1.807, 2.05) is 26.0 Å². The molecular weight excluding hydrogens is 426 g/mol. The predicted molar refractivity (Wildman–Crippen MR) is 138 cm³/mol. The number of likely N-dealkylation sites (tertiary alicyclic amines) is 1. The van der Waals surface area contributed by atoms with Gasteiger partial charge >= 0.3 is 0 Å². The molecule has 0 unspecified atom stereocenters. The van der Waals surface area contributed by atoms with E-state index in [0.717, 1.165) is 6.42 Å². The number of nitrogens with zero attached hydrogens (tertiary/aromatic N) is 1. The minimum Gasteiger partial charge on any atom is -0.353 e. The minimum absolute atomic E-state index is 0.0221. The second-order valence-corrected chi connectivity index (χ2v) is 14.3. The van der Waals surface area contributed by atoms with Crippen LogP contribution in [0.2, 0.25) is 6.55 Å². The summed E-state index contributed by atoms with van der Waals surface area (Å²) in [6, 6.07) is 20.1. The number of nitrogens with two attached hydrogens (primary N) is 1. The maximum atomic E-state index is 13.7. The predicted octanol–water partition coefficient (Wildman–Crippen LogP) is 2.53. The van der Waals surface area contributed by atoms with E-state index in [2.05, 4.69) is 74.2 Å². The van der Waals surface area contributed by atoms with Crippen LogP contribution in [0.25, 0.3) is 0 Å². The molecule has 0 radical (unpaired) electrons. The Morgan fingerprint density at radius 2 is 1.45 bits per heavy atom. The van der Waals surface area contributed by atoms with Crippen molar-refractivity contribution < 1.29 is 9.59 Å². The van der Waals surface area contributed by atoms with Crippen LogP contribution in [0.4, 0.5) is 0 Å². The van der Waals surface area contributed by atoms with Gasteiger partial charge in [-0.15, -0.1) is 0 Å². The van der Waals surface area contributed by atoms with Crippen molar-refractivity contribution in [2.75, 3.05) is 6.54 Å². The van der Waals surface area contributed by atoms with Crippen LogP contribution in [0, 0.1) is 11.8 Å². The maximum Gasteiger partial charge on any atom is 0.242 e. The van der Waals surface area contributed by atoms with Gasteiger partial charge in [-0.25, -0.2) is 0 Å². The van der Waals surface area contributed by atoms with Crippen LogP contribution in [0.1, 0.15) is 40.5 Å². The number of hydrogen-bond acceptors (Lipinski definition) is 3. The number of hydrogen-bond donors (Lipinski definition) is 2. The molecule has 0 aromatic heterocycles. The third-order valence-corrected chi connectivity index (χ3v) is 12.3. The quantitative estimate of drug-likeness (QED) is 0.588. The normalized spacial score (nSPS) is 18.4. The Balaban J connectivity index is 1.94. The van der Waals surface area contributed by atoms with Gasteiger partial charge in [0.1, 0.15) is 14.1 Å². The van der Waals surface area contributed by atoms with Gasteiger partial charge in [-0.1, -0.05) is 105 Å². The summed E-state index contributed by atoms with van der Waals surface area (Å²) in [6.45, 7) is 11.2. The Labute approximate surface area is 199 Å². The fourth-order valence-electron chi connectivity index (χ4n) is 5.10. The van der Waals surface area contributed by atoms with E-state index in [4.69, 9.17) is 5.73 Å². The summed E-state index contributed by atoms with van der Waals surface area (Å²) in [5.74, 6) is 0.0996. The first-order chi connectivity index (χ1) is 15.7. The number of carbonyl (C=O) groups excluding carboxylic acids is 2. The first-order valence-corrected chi connectivity index (χ1v) is 14.7. The maximum absolute atomic E-state index is 13.7. The van der Waals surface area contributed by atoms with Gasteiger partial charge in [0.2, 0.25) is 11.8 Å². The molecule has 2 amide bonds. The summed E-state index contributed by atoms with van der Waals surface area (Å²) in [5.41, 5.74) is 6.13. The Hall–Kier alpha value is -2.44. The highest BCUT2D eigenvalue weighted by molar-refractivity contribution is 7.02. The molecule has 0 saturated carbocycles. The van der Waals surface area contributed by atoms with E-state index in [9.17, 15) is 9.59 Å². The molecule has 1 aliphatic rings. The summed E-state index contributed by atoms with van der Waals surface area (Å²) >= 11 is 0. The van der Waals surface area contributed by atoms with Crippen LogP contribution >= 0.6 is 0 Å². The summed E-state index contributed by atoms with van der Waals surface area (Å²) in [5, 5.41) is 6.01. The highest BCUT2D eigenvalue weighted by atomic mass is 28.3. The molecule has 33 heavy (non-hydrogen) atoms. The molecule has 2 aromatic rings. The molecule has 1 aliphatic heterocycles. The summed E-state index contributed by atoms with van der Waals surface area (Å²) < 4.78 is 0. The lowest BCUT2D eigenvalue weighted by atomic mass is 10.0. The van der Waals surface area contributed by atoms with E-state index in [1.54, 1.807) is 4.90 Å². The Bertz CT molecular complexity index is 893. The molecule has 3 N–H and O–H groups in total. The highest BCUT2D eigenvalue weighted by Crippen LogP contribution is 2.23. The number of benzene rings is 2. The Morgan fingerprint density at radius 3 is 1.91 bits per heavy atom. The lowest BCUT2D eigenvalue weighted by Gasteiger charge is -2.41. The lowest BCUT2D eigenvalue weighted by Crippen LogP contribution is -2.71. The lowest BCUT2D eigenvalue weighted by molar-refractivity contribution is -0.140. The van der Waals surface area contributed by atoms with Crippen LogP contribution in [0.15, 0.2) is 60.7 Å². The standard InChI is InChI=1S/C27H39N3O2Si/c1-19(2)24(28)27(32)30-18-12-17-23(30)25(31)29-26(20(3)4)33(5,21-13-8-6-9-14-21)22-15-10-7-11-16-22/h6-11,13-16,19-20,23-24,26H,12,17-18,28H2,1-5H3,(H,29,31)/t23-,24-,26+/m0/s1. The van der Waals surface area contributed by atoms with Gasteiger partial charge in [0, 0.05) is 12.2 Å². The van der Waals surface area contributed by atoms with Gasteiger partial charge in [-0.05, 0) is 24.7 Å². The zero-order chi connectivity index (χ0) is 24.2. The van der Waals surface area contributed by atoms with Crippen molar-refractivity contribution in [3.63, 3.8) is 0 Å². The molecule has 0 aliphatic carbocycles. The number of nitrogens with one attached hydrogen (secondary N) is 1. The number of rotatable bonds is 8. The Kier molecular flexibility index (Phi) is 8.13. The van der Waals surface area contributed by atoms with Gasteiger partial charge in [0.05, 0.1) is 6.04 Å². The minimum atomic E-state index is -2.36. The molecule has 0 bridgehead atoms. The van der Waals surface area contributed by atoms with E-state index < -0.39 is 20.2 Å². The average Bonchev–Trinajstić information content (AvgIpc) is 3.32. The number of carbonyl (C=O) groups is 2. The van der Waals surface area contributed by atoms with Crippen LogP contribution < -0.4 is 21.4 Å². The topological polar surface area (TPSA) is 75.4 Å². The molecule has 1 fully saturated rings. The smallest absolute Gasteiger partial charge is 0.242 e. The van der Waals surface area contributed by atoms with Crippen molar-refractivity contribution in [1.29, 1.82) is 0 Å². The van der Waals surface area contributed by atoms with Gasteiger partial charge in [-0.3, -0.25) is 9.59 Å². The SMILES string of the molecule is CC(C)[C@H](N)C(=O)N1CCC[C@H]1C(=O)N[C@@H](C(C)C)[Si](C)(c1ccccc1)c1ccccc1. The van der Waals surface area contributed by atoms with Crippen molar-refractivity contribution in [2.24, 2.45) is 17.6 Å². The summed E-state index contributed by atoms with van der Waals surface area (Å²) in [7, 11) is -2.36. The zero-order valence-corrected chi connectivity index (χ0v) is 21.6. The van der Waals surface area contributed by atoms with Crippen molar-refractivity contribution in [1.82, 2.24) is 10.2 Å². The molecule has 6 heteroatoms. The monoisotopic (exact) mass is 465 g/mol. The Morgan fingerprint density at radius 1 is 0.939 bits per heavy atom. The van der Waals surface area contributed by atoms with Crippen molar-refractivity contribution >= 4 is 30.3 Å². The van der Waals surface area contributed by atoms with Gasteiger partial charge < -0.3 is 16.0 Å². The van der Waals surface area contributed by atoms with Crippen molar-refractivity contribution in [3.05, 3.63) is 60.7 Å². The van der Waals surface area contributed by atoms with E-state index in [0.29, 0.717) is 13.0 Å². The second-order valence-electron chi connectivity index (χ2n) is 10.1. The van der Waals surface area contributed by atoms with Crippen LogP contribution in [0.3, 0.4) is 0 Å². The molecule has 3 atom stereocenters. The first-order valence-electron chi connectivity index (χ1n) is 12.1. The summed E-state index contributed by atoms with van der Waals surface area (Å²) in [6.07, 6.45) is 1.51. The third-order valence-electron chi connectivity index (χ3n) is 7.18. The summed E-state index contributed by atoms with van der Waals surface area (Å²) in [4.78, 5) is 28.4. The molecule has 5 nitrogen and oxygen atoms in total. The molecule has 0 spiro atoms. The highest BCUT2D eigenvalue weighted by Gasteiger charge is 2.45. The van der Waals surface area contributed by atoms with Gasteiger partial charge in [-0.2, -0.15) is 0 Å². The van der Waals surface area contributed by atoms with Crippen LogP contribution in [0.5, 0.6) is 0 Å². The third kappa shape index (κ3) is 5.22. The number of amides is 2. The van der Waals surface area contributed by atoms with E-state index in [-0.39, 0.29) is 29.3 Å². The fraction of sp³-hybridized carbons (Fsp3) is 0.481. The second kappa shape index (κ2) is 10.7. The molecular formula is C27H39N3O2Si. The molecule has 1 saturated heterocycles. The van der Waals surface area contributed by atoms with E-state index in [1.165, 1.54) is 10.4 Å². The largest absolute Gasteiger partial charge is 0.353 e. The molecule has 3 rings (SSSR count). The molecule has 178 valence electrons. The zero-order valence-electron chi connectivity index (χ0n) is 20.6. The molecule has 1 heterocycles. The van der Waals surface area contributed by atoms with Crippen molar-refractivity contribution in [3.8, 4) is 0 Å². The van der Waals surface area contributed by atoms with Crippen LogP contribution in [-0.4, -0.2) is 49.1 Å². The average molecular weight is 466 g/mol. The van der Waals surface area contributed by atoms with Gasteiger partial charge in [0.25, 0.3) is 0 Å².